The van der Waals surface area contributed by atoms with E-state index in [-0.39, 0.29) is 0 Å². The monoisotopic (exact) mass is 475 g/mol. The Morgan fingerprint density at radius 2 is 0.571 bits per heavy atom. The molecule has 3 N–H and O–H groups in total. The molecule has 0 radical (unpaired) electrons. The third-order valence-electron chi connectivity index (χ3n) is 0.306. The van der Waals surface area contributed by atoms with Crippen molar-refractivity contribution in [2.45, 2.75) is 99.9 Å². The third-order valence-corrected chi connectivity index (χ3v) is 2.51. The molecule has 0 heterocycles. The fourth-order valence-electron chi connectivity index (χ4n) is 0. The van der Waals surface area contributed by atoms with E-state index in [2.05, 4.69) is 25.0 Å². The number of hydrogen-bond acceptors (Lipinski definition) is 3. The zero-order valence-corrected chi connectivity index (χ0v) is 19.2. The zero-order valence-electron chi connectivity index (χ0n) is 16.2. The van der Waals surface area contributed by atoms with Gasteiger partial charge < -0.3 is 15.3 Å². The first-order chi connectivity index (χ1) is 8.56. The molecule has 0 spiro atoms. The van der Waals surface area contributed by atoms with Crippen LogP contribution in [0.25, 0.3) is 0 Å². The van der Waals surface area contributed by atoms with Gasteiger partial charge in [0.15, 0.2) is 0 Å². The van der Waals surface area contributed by atoms with Crippen LogP contribution in [0.2, 0.25) is 0 Å². The van der Waals surface area contributed by atoms with E-state index in [1.165, 1.54) is 19.2 Å². The summed E-state index contributed by atoms with van der Waals surface area (Å²) in [5.74, 6) is 0. The molecule has 0 unspecified atom stereocenters. The average Bonchev–Trinajstić information content (AvgIpc) is 1.91. The third kappa shape index (κ3) is 611. The maximum absolute atomic E-state index is 8.52. The van der Waals surface area contributed by atoms with Crippen molar-refractivity contribution < 1.29 is 34.5 Å². The van der Waals surface area contributed by atoms with Gasteiger partial charge in [-0.2, -0.15) is 0 Å². The second-order valence-corrected chi connectivity index (χ2v) is 9.60. The molecule has 0 rings (SSSR count). The second kappa shape index (κ2) is 11.9. The SMILES string of the molecule is CC(C)(C)O.CC(C)(C)O.CC(C)(C)O.CC(C)(C)[C]#[W]. The second-order valence-electron chi connectivity index (χ2n) is 8.86. The fourth-order valence-corrected chi connectivity index (χ4v) is 0. The van der Waals surface area contributed by atoms with Crippen molar-refractivity contribution in [2.75, 3.05) is 0 Å². The van der Waals surface area contributed by atoms with Crippen molar-refractivity contribution in [1.82, 2.24) is 0 Å². The summed E-state index contributed by atoms with van der Waals surface area (Å²) in [5, 5.41) is 25.6. The first kappa shape index (κ1) is 29.4. The van der Waals surface area contributed by atoms with Crippen LogP contribution in [0.4, 0.5) is 0 Å². The summed E-state index contributed by atoms with van der Waals surface area (Å²) in [5.41, 5.74) is -1.17. The predicted molar refractivity (Wildman–Crippen MR) is 89.3 cm³/mol. The molecule has 0 aliphatic heterocycles. The van der Waals surface area contributed by atoms with Gasteiger partial charge in [0, 0.05) is 0 Å². The maximum atomic E-state index is 8.52. The molecule has 0 fully saturated rings. The molecule has 0 saturated carbocycles. The molecule has 0 amide bonds. The number of rotatable bonds is 0. The molecular formula is C17H39O3W. The zero-order chi connectivity index (χ0) is 18.7. The van der Waals surface area contributed by atoms with Gasteiger partial charge in [0.05, 0.1) is 16.8 Å². The predicted octanol–water partition coefficient (Wildman–Crippen LogP) is 3.87. The van der Waals surface area contributed by atoms with Crippen LogP contribution < -0.4 is 0 Å². The normalized spacial score (nSPS) is 11.5. The van der Waals surface area contributed by atoms with Crippen LogP contribution in [0, 0.1) is 9.62 Å². The Hall–Kier alpha value is 0.348. The summed E-state index contributed by atoms with van der Waals surface area (Å²) in [6.45, 7) is 22.1. The van der Waals surface area contributed by atoms with Gasteiger partial charge in [-0.05, 0) is 62.3 Å². The molecule has 4 heteroatoms. The van der Waals surface area contributed by atoms with Crippen LogP contribution in [0.3, 0.4) is 0 Å². The van der Waals surface area contributed by atoms with Crippen LogP contribution in [-0.4, -0.2) is 32.1 Å². The Balaban J connectivity index is -0.0000000921. The van der Waals surface area contributed by atoms with Crippen molar-refractivity contribution >= 4 is 0 Å². The van der Waals surface area contributed by atoms with Crippen molar-refractivity contribution in [3.63, 3.8) is 0 Å². The Kier molecular flexibility index (Phi) is 16.6. The topological polar surface area (TPSA) is 60.7 Å². The van der Waals surface area contributed by atoms with E-state index >= 15 is 0 Å². The van der Waals surface area contributed by atoms with Gasteiger partial charge >= 0.3 is 49.5 Å². The van der Waals surface area contributed by atoms with E-state index in [1.807, 2.05) is 0 Å². The quantitative estimate of drug-likeness (QED) is 0.499. The molecule has 0 aliphatic carbocycles. The first-order valence-electron chi connectivity index (χ1n) is 7.12. The van der Waals surface area contributed by atoms with E-state index in [9.17, 15) is 0 Å². The van der Waals surface area contributed by atoms with E-state index in [4.69, 9.17) is 15.3 Å². The molecule has 0 bridgehead atoms. The fraction of sp³-hybridized carbons (Fsp3) is 0.941. The Morgan fingerprint density at radius 3 is 0.571 bits per heavy atom. The van der Waals surface area contributed by atoms with Gasteiger partial charge in [-0.3, -0.25) is 0 Å². The molecule has 0 aromatic heterocycles. The van der Waals surface area contributed by atoms with Crippen molar-refractivity contribution in [2.24, 2.45) is 5.41 Å². The van der Waals surface area contributed by atoms with Gasteiger partial charge in [-0.15, -0.1) is 0 Å². The molecular weight excluding hydrogens is 436 g/mol. The number of hydrogen-bond donors (Lipinski definition) is 3. The Bertz CT molecular complexity index is 218. The van der Waals surface area contributed by atoms with Crippen molar-refractivity contribution in [1.29, 1.82) is 0 Å². The summed E-state index contributed by atoms with van der Waals surface area (Å²) in [7, 11) is 0. The summed E-state index contributed by atoms with van der Waals surface area (Å²) in [6, 6.07) is 0. The van der Waals surface area contributed by atoms with Crippen LogP contribution in [0.1, 0.15) is 83.1 Å². The summed E-state index contributed by atoms with van der Waals surface area (Å²) < 4.78 is 3.19. The van der Waals surface area contributed by atoms with Crippen molar-refractivity contribution in [3.8, 4) is 4.20 Å². The molecule has 131 valence electrons. The molecule has 0 aromatic carbocycles. The molecule has 0 aliphatic rings. The van der Waals surface area contributed by atoms with Crippen LogP contribution in [0.15, 0.2) is 0 Å². The molecule has 0 atom stereocenters. The summed E-state index contributed by atoms with van der Waals surface area (Å²) in [4.78, 5) is 0. The molecule has 21 heavy (non-hydrogen) atoms. The van der Waals surface area contributed by atoms with Crippen molar-refractivity contribution in [3.05, 3.63) is 0 Å². The molecule has 0 saturated heterocycles. The van der Waals surface area contributed by atoms with E-state index in [0.717, 1.165) is 0 Å². The van der Waals surface area contributed by atoms with Gasteiger partial charge in [0.1, 0.15) is 0 Å². The summed E-state index contributed by atoms with van der Waals surface area (Å²) >= 11 is 1.44. The molecule has 3 nitrogen and oxygen atoms in total. The Labute approximate surface area is 144 Å². The average molecular weight is 475 g/mol. The van der Waals surface area contributed by atoms with Crippen LogP contribution in [0.5, 0.6) is 0 Å². The van der Waals surface area contributed by atoms with Gasteiger partial charge in [-0.1, -0.05) is 0 Å². The van der Waals surface area contributed by atoms with Gasteiger partial charge in [-0.25, -0.2) is 0 Å². The van der Waals surface area contributed by atoms with E-state index in [0.29, 0.717) is 5.41 Å². The first-order valence-corrected chi connectivity index (χ1v) is 8.59. The minimum absolute atomic E-state index is 0.329. The number of aliphatic hydroxyl groups is 3. The van der Waals surface area contributed by atoms with Crippen LogP contribution >= 0.6 is 0 Å². The summed E-state index contributed by atoms with van der Waals surface area (Å²) in [6.07, 6.45) is 0. The van der Waals surface area contributed by atoms with Crippen LogP contribution in [-0.2, 0) is 19.2 Å². The van der Waals surface area contributed by atoms with E-state index in [1.54, 1.807) is 62.3 Å². The van der Waals surface area contributed by atoms with Gasteiger partial charge in [0.2, 0.25) is 0 Å². The minimum atomic E-state index is -0.500. The molecule has 0 aromatic rings. The standard InChI is InChI=1S/C5H9.3C4H10O.W/c1-5(2,3)4;3*1-4(2,3)5;/h1-3H3;3*5H,1-3H3;. The van der Waals surface area contributed by atoms with Gasteiger partial charge in [0.25, 0.3) is 0 Å². The van der Waals surface area contributed by atoms with E-state index < -0.39 is 16.8 Å². The Morgan fingerprint density at radius 1 is 0.524 bits per heavy atom.